The second-order valence-electron chi connectivity index (χ2n) is 6.02. The van der Waals surface area contributed by atoms with Crippen molar-refractivity contribution in [1.82, 2.24) is 0 Å². The van der Waals surface area contributed by atoms with Crippen molar-refractivity contribution < 1.29 is 13.2 Å². The number of hydrogen-bond acceptors (Lipinski definition) is 0. The van der Waals surface area contributed by atoms with E-state index in [9.17, 15) is 13.2 Å². The first-order valence-corrected chi connectivity index (χ1v) is 7.68. The van der Waals surface area contributed by atoms with E-state index in [4.69, 9.17) is 0 Å². The predicted molar refractivity (Wildman–Crippen MR) is 88.7 cm³/mol. The standard InChI is InChI=1S/C21H14F3/c1-13-10-11-14(12-19(13)21(22,23)24)20-17-8-4-2-6-15(17)16-7-3-5-9-18(16)20/h2-12,20H,1H2. The van der Waals surface area contributed by atoms with Crippen molar-refractivity contribution in [2.24, 2.45) is 0 Å². The number of hydrogen-bond donors (Lipinski definition) is 0. The molecule has 0 spiro atoms. The largest absolute Gasteiger partial charge is 0.416 e. The molecule has 0 saturated heterocycles. The Kier molecular flexibility index (Phi) is 3.27. The van der Waals surface area contributed by atoms with Crippen LogP contribution < -0.4 is 0 Å². The minimum absolute atomic E-state index is 0.00539. The van der Waals surface area contributed by atoms with Gasteiger partial charge in [-0.25, -0.2) is 0 Å². The molecule has 0 amide bonds. The quantitative estimate of drug-likeness (QED) is 0.400. The van der Waals surface area contributed by atoms with Crippen LogP contribution >= 0.6 is 0 Å². The molecule has 0 saturated carbocycles. The van der Waals surface area contributed by atoms with Gasteiger partial charge in [0.2, 0.25) is 0 Å². The molecular formula is C21H14F3. The zero-order valence-electron chi connectivity index (χ0n) is 12.8. The van der Waals surface area contributed by atoms with E-state index in [1.54, 1.807) is 6.07 Å². The highest BCUT2D eigenvalue weighted by atomic mass is 19.4. The summed E-state index contributed by atoms with van der Waals surface area (Å²) < 4.78 is 39.8. The predicted octanol–water partition coefficient (Wildman–Crippen LogP) is 6.05. The zero-order chi connectivity index (χ0) is 16.9. The summed E-state index contributed by atoms with van der Waals surface area (Å²) in [4.78, 5) is 0. The van der Waals surface area contributed by atoms with Crippen molar-refractivity contribution >= 4 is 0 Å². The Morgan fingerprint density at radius 3 is 1.83 bits per heavy atom. The van der Waals surface area contributed by atoms with Gasteiger partial charge < -0.3 is 0 Å². The highest BCUT2D eigenvalue weighted by molar-refractivity contribution is 5.80. The summed E-state index contributed by atoms with van der Waals surface area (Å²) in [7, 11) is 0. The Morgan fingerprint density at radius 1 is 0.750 bits per heavy atom. The van der Waals surface area contributed by atoms with E-state index >= 15 is 0 Å². The Hall–Kier alpha value is -2.55. The summed E-state index contributed by atoms with van der Waals surface area (Å²) in [5, 5.41) is 0. The van der Waals surface area contributed by atoms with E-state index in [0.717, 1.165) is 22.3 Å². The highest BCUT2D eigenvalue weighted by Crippen LogP contribution is 2.48. The van der Waals surface area contributed by atoms with Crippen molar-refractivity contribution in [3.8, 4) is 11.1 Å². The lowest BCUT2D eigenvalue weighted by Gasteiger charge is -2.18. The van der Waals surface area contributed by atoms with E-state index in [1.807, 2.05) is 48.5 Å². The molecule has 0 unspecified atom stereocenters. The van der Waals surface area contributed by atoms with E-state index in [0.29, 0.717) is 5.56 Å². The van der Waals surface area contributed by atoms with Crippen LogP contribution in [0.1, 0.15) is 33.7 Å². The van der Waals surface area contributed by atoms with Gasteiger partial charge >= 0.3 is 6.18 Å². The molecule has 3 heteroatoms. The third-order valence-electron chi connectivity index (χ3n) is 4.61. The van der Waals surface area contributed by atoms with Crippen LogP contribution in [0.15, 0.2) is 66.7 Å². The minimum Gasteiger partial charge on any atom is -0.166 e. The summed E-state index contributed by atoms with van der Waals surface area (Å²) >= 11 is 0. The molecule has 4 rings (SSSR count). The zero-order valence-corrected chi connectivity index (χ0v) is 12.8. The van der Waals surface area contributed by atoms with Gasteiger partial charge in [0.1, 0.15) is 0 Å². The normalized spacial score (nSPS) is 13.7. The first-order valence-electron chi connectivity index (χ1n) is 7.68. The summed E-state index contributed by atoms with van der Waals surface area (Å²) in [5.41, 5.74) is 4.25. The van der Waals surface area contributed by atoms with Crippen LogP contribution in [0.3, 0.4) is 0 Å². The van der Waals surface area contributed by atoms with Crippen molar-refractivity contribution in [2.75, 3.05) is 0 Å². The van der Waals surface area contributed by atoms with Crippen LogP contribution in [0.2, 0.25) is 0 Å². The molecule has 0 aliphatic heterocycles. The van der Waals surface area contributed by atoms with E-state index in [-0.39, 0.29) is 11.5 Å². The second kappa shape index (κ2) is 5.23. The highest BCUT2D eigenvalue weighted by Gasteiger charge is 2.35. The summed E-state index contributed by atoms with van der Waals surface area (Å²) in [6.07, 6.45) is -4.40. The van der Waals surface area contributed by atoms with Crippen LogP contribution in [-0.4, -0.2) is 0 Å². The maximum absolute atomic E-state index is 13.3. The van der Waals surface area contributed by atoms with E-state index in [1.165, 1.54) is 12.1 Å². The van der Waals surface area contributed by atoms with E-state index in [2.05, 4.69) is 6.92 Å². The van der Waals surface area contributed by atoms with Crippen LogP contribution in [0.25, 0.3) is 11.1 Å². The van der Waals surface area contributed by atoms with Gasteiger partial charge in [-0.3, -0.25) is 0 Å². The average molecular weight is 323 g/mol. The van der Waals surface area contributed by atoms with Crippen LogP contribution in [0, 0.1) is 6.92 Å². The first-order chi connectivity index (χ1) is 11.5. The molecule has 0 atom stereocenters. The summed E-state index contributed by atoms with van der Waals surface area (Å²) in [5.74, 6) is -0.181. The molecule has 24 heavy (non-hydrogen) atoms. The Labute approximate surface area is 138 Å². The van der Waals surface area contributed by atoms with Crippen LogP contribution in [0.4, 0.5) is 13.2 Å². The molecule has 1 radical (unpaired) electrons. The van der Waals surface area contributed by atoms with Crippen LogP contribution in [-0.2, 0) is 6.18 Å². The van der Waals surface area contributed by atoms with Gasteiger partial charge in [-0.15, -0.1) is 0 Å². The van der Waals surface area contributed by atoms with Gasteiger partial charge in [0.25, 0.3) is 0 Å². The smallest absolute Gasteiger partial charge is 0.166 e. The van der Waals surface area contributed by atoms with Gasteiger partial charge in [0.05, 0.1) is 5.56 Å². The molecule has 0 heterocycles. The first kappa shape index (κ1) is 15.0. The number of halogens is 3. The Bertz CT molecular complexity index is 877. The lowest BCUT2D eigenvalue weighted by atomic mass is 9.87. The summed E-state index contributed by atoms with van der Waals surface area (Å²) in [6, 6.07) is 20.3. The molecular weight excluding hydrogens is 309 g/mol. The molecule has 0 nitrogen and oxygen atoms in total. The molecule has 0 aromatic heterocycles. The van der Waals surface area contributed by atoms with Crippen LogP contribution in [0.5, 0.6) is 0 Å². The molecule has 3 aromatic rings. The lowest BCUT2D eigenvalue weighted by molar-refractivity contribution is -0.137. The SMILES string of the molecule is [CH2]c1ccc(C2c3ccccc3-c3ccccc32)cc1C(F)(F)F. The summed E-state index contributed by atoms with van der Waals surface area (Å²) in [6.45, 7) is 3.52. The lowest BCUT2D eigenvalue weighted by Crippen LogP contribution is -2.09. The minimum atomic E-state index is -4.40. The monoisotopic (exact) mass is 323 g/mol. The van der Waals surface area contributed by atoms with Gasteiger partial charge in [0.15, 0.2) is 0 Å². The number of alkyl halides is 3. The molecule has 1 aliphatic carbocycles. The fraction of sp³-hybridized carbons (Fsp3) is 0.0952. The number of rotatable bonds is 1. The third-order valence-corrected chi connectivity index (χ3v) is 4.61. The maximum atomic E-state index is 13.3. The molecule has 1 aliphatic rings. The van der Waals surface area contributed by atoms with E-state index < -0.39 is 11.7 Å². The third kappa shape index (κ3) is 2.23. The molecule has 3 aromatic carbocycles. The fourth-order valence-corrected chi connectivity index (χ4v) is 3.55. The van der Waals surface area contributed by atoms with Crippen molar-refractivity contribution in [2.45, 2.75) is 12.1 Å². The van der Waals surface area contributed by atoms with Crippen molar-refractivity contribution in [3.63, 3.8) is 0 Å². The number of benzene rings is 3. The molecule has 0 fully saturated rings. The average Bonchev–Trinajstić information content (AvgIpc) is 2.89. The second-order valence-corrected chi connectivity index (χ2v) is 6.02. The topological polar surface area (TPSA) is 0 Å². The number of fused-ring (bicyclic) bond motifs is 3. The Balaban J connectivity index is 1.95. The van der Waals surface area contributed by atoms with Crippen molar-refractivity contribution in [1.29, 1.82) is 0 Å². The maximum Gasteiger partial charge on any atom is 0.416 e. The van der Waals surface area contributed by atoms with Crippen molar-refractivity contribution in [3.05, 3.63) is 101 Å². The van der Waals surface area contributed by atoms with Gasteiger partial charge in [-0.1, -0.05) is 60.7 Å². The Morgan fingerprint density at radius 2 is 1.29 bits per heavy atom. The molecule has 0 N–H and O–H groups in total. The molecule has 119 valence electrons. The van der Waals surface area contributed by atoms with Gasteiger partial charge in [-0.05, 0) is 46.4 Å². The van der Waals surface area contributed by atoms with Gasteiger partial charge in [0, 0.05) is 5.92 Å². The van der Waals surface area contributed by atoms with Gasteiger partial charge in [-0.2, -0.15) is 13.2 Å². The molecule has 0 bridgehead atoms. The fourth-order valence-electron chi connectivity index (χ4n) is 3.55.